The Balaban J connectivity index is 1.80. The summed E-state index contributed by atoms with van der Waals surface area (Å²) in [7, 11) is 0. The normalized spacial score (nSPS) is 20.3. The second-order valence-electron chi connectivity index (χ2n) is 6.92. The van der Waals surface area contributed by atoms with Crippen LogP contribution in [-0.4, -0.2) is 51.3 Å². The molecule has 0 aromatic carbocycles. The van der Waals surface area contributed by atoms with Crippen molar-refractivity contribution in [3.05, 3.63) is 50.7 Å². The first-order valence-corrected chi connectivity index (χ1v) is 9.29. The summed E-state index contributed by atoms with van der Waals surface area (Å²) >= 11 is 0. The third kappa shape index (κ3) is 4.77. The van der Waals surface area contributed by atoms with Crippen LogP contribution in [0.1, 0.15) is 24.8 Å². The largest absolute Gasteiger partial charge is 0.480 e. The number of aromatic amines is 1. The molecular formula is C20H20N4O6. The first-order chi connectivity index (χ1) is 14.4. The molecule has 3 rings (SSSR count). The molecule has 2 aliphatic rings. The molecule has 0 saturated carbocycles. The second-order valence-corrected chi connectivity index (χ2v) is 6.92. The quantitative estimate of drug-likeness (QED) is 0.361. The van der Waals surface area contributed by atoms with E-state index in [2.05, 4.69) is 32.6 Å². The summed E-state index contributed by atoms with van der Waals surface area (Å²) < 4.78 is 0. The van der Waals surface area contributed by atoms with Crippen LogP contribution in [-0.2, 0) is 20.8 Å². The highest BCUT2D eigenvalue weighted by atomic mass is 16.4. The van der Waals surface area contributed by atoms with Crippen LogP contribution in [0.3, 0.4) is 0 Å². The molecule has 1 aliphatic carbocycles. The Hall–Kier alpha value is -3.82. The molecule has 0 bridgehead atoms. The smallest absolute Gasteiger partial charge is 0.351 e. The Morgan fingerprint density at radius 1 is 1.23 bits per heavy atom. The van der Waals surface area contributed by atoms with E-state index in [1.54, 1.807) is 6.20 Å². The van der Waals surface area contributed by atoms with Crippen LogP contribution in [0.2, 0.25) is 0 Å². The number of allylic oxidation sites excluding steroid dienone is 2. The fraction of sp³-hybridized carbons (Fsp3) is 0.300. The van der Waals surface area contributed by atoms with Gasteiger partial charge < -0.3 is 20.5 Å². The minimum atomic E-state index is -1.30. The van der Waals surface area contributed by atoms with Crippen LogP contribution in [0.5, 0.6) is 0 Å². The number of nitroso groups, excluding NO2 is 1. The predicted molar refractivity (Wildman–Crippen MR) is 108 cm³/mol. The van der Waals surface area contributed by atoms with Gasteiger partial charge in [-0.2, -0.15) is 0 Å². The Morgan fingerprint density at radius 2 is 2.00 bits per heavy atom. The van der Waals surface area contributed by atoms with Crippen LogP contribution in [0.4, 0.5) is 0 Å². The first kappa shape index (κ1) is 20.9. The van der Waals surface area contributed by atoms with Crippen molar-refractivity contribution < 1.29 is 24.6 Å². The van der Waals surface area contributed by atoms with Crippen molar-refractivity contribution in [2.24, 2.45) is 10.2 Å². The number of hydrogen-bond donors (Lipinski definition) is 4. The van der Waals surface area contributed by atoms with Gasteiger partial charge in [0.15, 0.2) is 6.04 Å². The maximum absolute atomic E-state index is 11.6. The van der Waals surface area contributed by atoms with Crippen molar-refractivity contribution in [3.8, 4) is 0 Å². The number of H-pyrrole nitrogens is 1. The van der Waals surface area contributed by atoms with E-state index >= 15 is 0 Å². The number of carboxylic acid groups (broad SMARTS) is 2. The van der Waals surface area contributed by atoms with Crippen LogP contribution in [0, 0.1) is 4.91 Å². The average Bonchev–Trinajstić information content (AvgIpc) is 3.15. The lowest BCUT2D eigenvalue weighted by atomic mass is 9.99. The van der Waals surface area contributed by atoms with E-state index in [1.807, 2.05) is 0 Å². The molecule has 2 heterocycles. The summed E-state index contributed by atoms with van der Waals surface area (Å²) in [5.74, 6) is -3.40. The summed E-state index contributed by atoms with van der Waals surface area (Å²) in [5.41, 5.74) is 1.00. The maximum atomic E-state index is 11.6. The topological polar surface area (TPSA) is 161 Å². The number of carboxylic acids is 2. The van der Waals surface area contributed by atoms with Gasteiger partial charge in [0.05, 0.1) is 0 Å². The number of aromatic nitrogens is 1. The van der Waals surface area contributed by atoms with E-state index in [0.717, 1.165) is 29.0 Å². The molecule has 0 spiro atoms. The number of aliphatic imine (C=N–C) groups is 1. The molecule has 2 unspecified atom stereocenters. The molecular weight excluding hydrogens is 392 g/mol. The number of amides is 1. The number of aliphatic carboxylic acids is 2. The van der Waals surface area contributed by atoms with E-state index in [0.29, 0.717) is 5.57 Å². The molecule has 0 radical (unpaired) electrons. The molecule has 4 N–H and O–H groups in total. The third-order valence-corrected chi connectivity index (χ3v) is 4.87. The van der Waals surface area contributed by atoms with Gasteiger partial charge in [0.25, 0.3) is 0 Å². The van der Waals surface area contributed by atoms with E-state index < -0.39 is 29.9 Å². The van der Waals surface area contributed by atoms with Crippen LogP contribution in [0.15, 0.2) is 39.8 Å². The molecule has 2 atom stereocenters. The zero-order valence-electron chi connectivity index (χ0n) is 15.9. The maximum Gasteiger partial charge on any atom is 0.351 e. The monoisotopic (exact) mass is 412 g/mol. The Morgan fingerprint density at radius 3 is 2.70 bits per heavy atom. The number of nitrogens with zero attached hydrogens (tertiary/aromatic N) is 2. The summed E-state index contributed by atoms with van der Waals surface area (Å²) in [4.78, 5) is 52.1. The van der Waals surface area contributed by atoms with Crippen LogP contribution < -0.4 is 15.9 Å². The molecule has 30 heavy (non-hydrogen) atoms. The summed E-state index contributed by atoms with van der Waals surface area (Å²) in [6.45, 7) is 0. The lowest BCUT2D eigenvalue weighted by molar-refractivity contribution is -0.138. The number of fused-ring (bicyclic) bond motifs is 1. The van der Waals surface area contributed by atoms with Gasteiger partial charge in [-0.3, -0.25) is 9.79 Å². The zero-order chi connectivity index (χ0) is 21.7. The summed E-state index contributed by atoms with van der Waals surface area (Å²) in [5, 5.41) is 25.4. The van der Waals surface area contributed by atoms with Crippen molar-refractivity contribution in [1.82, 2.24) is 10.3 Å². The van der Waals surface area contributed by atoms with Gasteiger partial charge in [-0.25, -0.2) is 9.59 Å². The number of carbonyl (C=O) groups excluding carboxylic acids is 1. The van der Waals surface area contributed by atoms with Crippen molar-refractivity contribution in [3.63, 3.8) is 0 Å². The molecule has 0 saturated heterocycles. The summed E-state index contributed by atoms with van der Waals surface area (Å²) in [6.07, 6.45) is 12.0. The number of carbonyl (C=O) groups is 3. The van der Waals surface area contributed by atoms with Gasteiger partial charge in [-0.1, -0.05) is 12.2 Å². The van der Waals surface area contributed by atoms with Crippen molar-refractivity contribution in [1.29, 1.82) is 0 Å². The Bertz CT molecular complexity index is 1100. The lowest BCUT2D eigenvalue weighted by Gasteiger charge is -2.21. The van der Waals surface area contributed by atoms with Gasteiger partial charge in [-0.15, -0.1) is 4.91 Å². The minimum absolute atomic E-state index is 0.0290. The second kappa shape index (κ2) is 9.12. The van der Waals surface area contributed by atoms with Gasteiger partial charge in [0, 0.05) is 35.8 Å². The number of nitrogens with one attached hydrogen (secondary N) is 2. The molecule has 1 aliphatic heterocycles. The predicted octanol–water partition coefficient (Wildman–Crippen LogP) is -0.0142. The first-order valence-electron chi connectivity index (χ1n) is 9.29. The highest BCUT2D eigenvalue weighted by molar-refractivity contribution is 5.91. The van der Waals surface area contributed by atoms with Gasteiger partial charge in [0.1, 0.15) is 11.7 Å². The molecule has 10 heteroatoms. The van der Waals surface area contributed by atoms with Gasteiger partial charge in [-0.05, 0) is 41.3 Å². The SMILES string of the molecule is O=NC(=O)C1C/C(=C/C=N/C(Cc2c[nH]c3c2=CCCC=3)C(=O)O)C=C(C(=O)O)N1. The van der Waals surface area contributed by atoms with Crippen molar-refractivity contribution in [2.45, 2.75) is 37.8 Å². The Labute approximate surface area is 170 Å². The fourth-order valence-electron chi connectivity index (χ4n) is 3.39. The molecule has 1 aromatic rings. The fourth-order valence-corrected chi connectivity index (χ4v) is 3.39. The van der Waals surface area contributed by atoms with Gasteiger partial charge in [0.2, 0.25) is 0 Å². The Kier molecular flexibility index (Phi) is 6.35. The molecule has 0 fully saturated rings. The summed E-state index contributed by atoms with van der Waals surface area (Å²) in [6, 6.07) is -2.12. The number of rotatable bonds is 7. The van der Waals surface area contributed by atoms with Crippen molar-refractivity contribution in [2.75, 3.05) is 0 Å². The molecule has 1 aromatic heterocycles. The van der Waals surface area contributed by atoms with E-state index in [9.17, 15) is 24.4 Å². The van der Waals surface area contributed by atoms with Crippen molar-refractivity contribution >= 4 is 36.2 Å². The van der Waals surface area contributed by atoms with E-state index in [1.165, 1.54) is 18.4 Å². The van der Waals surface area contributed by atoms with Gasteiger partial charge >= 0.3 is 17.8 Å². The zero-order valence-corrected chi connectivity index (χ0v) is 15.9. The highest BCUT2D eigenvalue weighted by Gasteiger charge is 2.27. The average molecular weight is 412 g/mol. The van der Waals surface area contributed by atoms with E-state index in [-0.39, 0.29) is 18.5 Å². The molecule has 156 valence electrons. The van der Waals surface area contributed by atoms with Crippen LogP contribution in [0.25, 0.3) is 12.2 Å². The standard InChI is InChI=1S/C20H20N4O6/c25-18(24-30)15-7-11(8-17(23-15)20(28)29)5-6-21-16(19(26)27)9-12-10-22-14-4-2-1-3-13(12)14/h3-6,8,10,15-16,22-23H,1-2,7,9H2,(H,26,27)(H,28,29)/b11-5-,21-6+. The third-order valence-electron chi connectivity index (χ3n) is 4.87. The number of hydrogen-bond acceptors (Lipinski definition) is 6. The van der Waals surface area contributed by atoms with Crippen LogP contribution >= 0.6 is 0 Å². The minimum Gasteiger partial charge on any atom is -0.480 e. The molecule has 10 nitrogen and oxygen atoms in total. The highest BCUT2D eigenvalue weighted by Crippen LogP contribution is 2.17. The molecule has 1 amide bonds. The lowest BCUT2D eigenvalue weighted by Crippen LogP contribution is -2.40. The van der Waals surface area contributed by atoms with E-state index in [4.69, 9.17) is 5.11 Å².